The number of hydrogen-bond acceptors (Lipinski definition) is 4. The van der Waals surface area contributed by atoms with Crippen LogP contribution in [0.4, 0.5) is 5.69 Å². The minimum atomic E-state index is -0.528. The van der Waals surface area contributed by atoms with Crippen LogP contribution in [0, 0.1) is 17.8 Å². The highest BCUT2D eigenvalue weighted by Crippen LogP contribution is 2.58. The van der Waals surface area contributed by atoms with Crippen LogP contribution in [-0.2, 0) is 4.79 Å². The molecule has 1 N–H and O–H groups in total. The van der Waals surface area contributed by atoms with Gasteiger partial charge in [0, 0.05) is 0 Å². The van der Waals surface area contributed by atoms with Gasteiger partial charge < -0.3 is 9.84 Å². The number of anilines is 1. The number of rotatable bonds is 3. The molecule has 1 aliphatic heterocycles. The Bertz CT molecular complexity index is 728. The van der Waals surface area contributed by atoms with E-state index >= 15 is 0 Å². The maximum absolute atomic E-state index is 13.1. The fourth-order valence-corrected chi connectivity index (χ4v) is 6.48. The summed E-state index contributed by atoms with van der Waals surface area (Å²) < 4.78 is 5.28. The van der Waals surface area contributed by atoms with Gasteiger partial charge in [0.15, 0.2) is 0 Å². The van der Waals surface area contributed by atoms with Crippen LogP contribution in [0.15, 0.2) is 24.3 Å². The lowest BCUT2D eigenvalue weighted by molar-refractivity contribution is -0.190. The molecule has 1 heterocycles. The summed E-state index contributed by atoms with van der Waals surface area (Å²) in [5, 5.41) is 15.1. The van der Waals surface area contributed by atoms with Crippen LogP contribution in [0.2, 0.25) is 0 Å². The van der Waals surface area contributed by atoms with Crippen LogP contribution >= 0.6 is 0 Å². The van der Waals surface area contributed by atoms with Crippen molar-refractivity contribution in [3.05, 3.63) is 24.3 Å². The van der Waals surface area contributed by atoms with Gasteiger partial charge in [0.05, 0.1) is 24.4 Å². The molecule has 4 saturated carbocycles. The van der Waals surface area contributed by atoms with Crippen LogP contribution in [-0.4, -0.2) is 40.3 Å². The van der Waals surface area contributed by atoms with Gasteiger partial charge in [0.1, 0.15) is 11.3 Å². The first-order valence-corrected chi connectivity index (χ1v) is 9.83. The van der Waals surface area contributed by atoms with Gasteiger partial charge in [-0.25, -0.2) is 5.01 Å². The van der Waals surface area contributed by atoms with Gasteiger partial charge in [-0.2, -0.15) is 0 Å². The smallest absolute Gasteiger partial charge is 0.268 e. The molecule has 1 amide bonds. The van der Waals surface area contributed by atoms with Gasteiger partial charge >= 0.3 is 0 Å². The third-order valence-corrected chi connectivity index (χ3v) is 7.27. The molecule has 1 aromatic rings. The van der Waals surface area contributed by atoms with E-state index in [-0.39, 0.29) is 11.9 Å². The van der Waals surface area contributed by atoms with Crippen molar-refractivity contribution in [3.8, 4) is 5.75 Å². The molecule has 0 aromatic heterocycles. The number of hydrazine groups is 1. The molecule has 0 spiro atoms. The number of nitrogens with zero attached hydrogens (tertiary/aromatic N) is 2. The highest BCUT2D eigenvalue weighted by Gasteiger charge is 2.63. The van der Waals surface area contributed by atoms with E-state index in [0.29, 0.717) is 17.8 Å². The maximum atomic E-state index is 13.1. The number of carbonyl (C=O) groups excluding carboxylic acids is 1. The Kier molecular flexibility index (Phi) is 3.26. The number of benzene rings is 1. The topological polar surface area (TPSA) is 53.0 Å². The first kappa shape index (κ1) is 16.4. The van der Waals surface area contributed by atoms with Crippen molar-refractivity contribution in [2.24, 2.45) is 17.8 Å². The van der Waals surface area contributed by atoms with E-state index in [1.54, 1.807) is 7.11 Å². The number of ether oxygens (including phenoxy) is 1. The molecular weight excluding hydrogens is 328 g/mol. The van der Waals surface area contributed by atoms with Crippen molar-refractivity contribution in [1.29, 1.82) is 0 Å². The lowest BCUT2D eigenvalue weighted by atomic mass is 9.52. The Morgan fingerprint density at radius 2 is 1.69 bits per heavy atom. The quantitative estimate of drug-likeness (QED) is 0.905. The molecule has 5 fully saturated rings. The van der Waals surface area contributed by atoms with E-state index in [1.165, 1.54) is 0 Å². The zero-order valence-electron chi connectivity index (χ0n) is 15.8. The summed E-state index contributed by atoms with van der Waals surface area (Å²) in [4.78, 5) is 13.1. The van der Waals surface area contributed by atoms with Crippen molar-refractivity contribution in [2.75, 3.05) is 12.1 Å². The molecule has 1 saturated heterocycles. The van der Waals surface area contributed by atoms with Crippen molar-refractivity contribution < 1.29 is 14.6 Å². The minimum absolute atomic E-state index is 0.206. The number of amides is 1. The number of hydrogen-bond donors (Lipinski definition) is 1. The van der Waals surface area contributed by atoms with Crippen molar-refractivity contribution in [2.45, 2.75) is 63.1 Å². The molecule has 4 aliphatic carbocycles. The molecule has 26 heavy (non-hydrogen) atoms. The lowest BCUT2D eigenvalue weighted by Crippen LogP contribution is -2.80. The molecule has 5 nitrogen and oxygen atoms in total. The van der Waals surface area contributed by atoms with Gasteiger partial charge in [-0.15, -0.1) is 0 Å². The fourth-order valence-electron chi connectivity index (χ4n) is 6.48. The molecule has 2 atom stereocenters. The summed E-state index contributed by atoms with van der Waals surface area (Å²) in [7, 11) is 1.66. The molecular formula is C21H28N2O3. The number of aliphatic hydroxyl groups is 1. The Balaban J connectivity index is 1.48. The third kappa shape index (κ3) is 2.10. The number of carbonyl (C=O) groups is 1. The predicted molar refractivity (Wildman–Crippen MR) is 98.7 cm³/mol. The zero-order chi connectivity index (χ0) is 18.3. The highest BCUT2D eigenvalue weighted by atomic mass is 16.5. The van der Waals surface area contributed by atoms with Crippen molar-refractivity contribution in [3.63, 3.8) is 0 Å². The van der Waals surface area contributed by atoms with Crippen LogP contribution in [0.5, 0.6) is 5.75 Å². The first-order valence-electron chi connectivity index (χ1n) is 9.83. The summed E-state index contributed by atoms with van der Waals surface area (Å²) in [6.45, 7) is 4.00. The van der Waals surface area contributed by atoms with E-state index in [1.807, 2.05) is 43.1 Å². The first-order chi connectivity index (χ1) is 12.3. The van der Waals surface area contributed by atoms with Gasteiger partial charge in [-0.05, 0) is 88.0 Å². The Morgan fingerprint density at radius 3 is 2.23 bits per heavy atom. The van der Waals surface area contributed by atoms with Crippen LogP contribution in [0.1, 0.15) is 46.0 Å². The van der Waals surface area contributed by atoms with E-state index in [0.717, 1.165) is 43.5 Å². The van der Waals surface area contributed by atoms with Gasteiger partial charge in [-0.1, -0.05) is 0 Å². The average Bonchev–Trinajstić information content (AvgIpc) is 2.59. The average molecular weight is 356 g/mol. The summed E-state index contributed by atoms with van der Waals surface area (Å²) in [5.41, 5.74) is 0.0320. The van der Waals surface area contributed by atoms with Crippen molar-refractivity contribution in [1.82, 2.24) is 5.01 Å². The molecule has 6 rings (SSSR count). The zero-order valence-corrected chi connectivity index (χ0v) is 15.8. The van der Waals surface area contributed by atoms with Gasteiger partial charge in [0.2, 0.25) is 0 Å². The van der Waals surface area contributed by atoms with E-state index in [2.05, 4.69) is 5.01 Å². The fraction of sp³-hybridized carbons (Fsp3) is 0.667. The lowest BCUT2D eigenvalue weighted by Gasteiger charge is -2.67. The Hall–Kier alpha value is -1.75. The molecule has 5 heteroatoms. The SMILES string of the molecule is COc1ccc(N2N(C3[C@H]4CC5C[C@H]3CC(O)(C5)C4)C(=O)C2(C)C)cc1. The highest BCUT2D eigenvalue weighted by molar-refractivity contribution is 5.98. The van der Waals surface area contributed by atoms with Gasteiger partial charge in [0.25, 0.3) is 5.91 Å². The van der Waals surface area contributed by atoms with Gasteiger partial charge in [-0.3, -0.25) is 9.80 Å². The normalized spacial score (nSPS) is 39.9. The Morgan fingerprint density at radius 1 is 1.08 bits per heavy atom. The molecule has 140 valence electrons. The number of methoxy groups -OCH3 is 1. The second-order valence-electron chi connectivity index (χ2n) is 9.40. The predicted octanol–water partition coefficient (Wildman–Crippen LogP) is 2.98. The third-order valence-electron chi connectivity index (χ3n) is 7.27. The standard InChI is InChI=1S/C21H28N2O3/c1-20(2)19(24)22(23(20)16-4-6-17(26-3)7-5-16)18-14-8-13-9-15(18)12-21(25,10-13)11-14/h4-7,13-15,18,25H,8-12H2,1-3H3/t13?,14-,15-,18?,21?/m0/s1. The summed E-state index contributed by atoms with van der Waals surface area (Å²) in [5.74, 6) is 2.52. The van der Waals surface area contributed by atoms with E-state index < -0.39 is 11.1 Å². The van der Waals surface area contributed by atoms with Crippen molar-refractivity contribution >= 4 is 11.6 Å². The second-order valence-corrected chi connectivity index (χ2v) is 9.40. The largest absolute Gasteiger partial charge is 0.497 e. The maximum Gasteiger partial charge on any atom is 0.268 e. The van der Waals surface area contributed by atoms with Crippen LogP contribution < -0.4 is 9.75 Å². The van der Waals surface area contributed by atoms with Crippen LogP contribution in [0.3, 0.4) is 0 Å². The molecule has 0 radical (unpaired) electrons. The molecule has 5 aliphatic rings. The van der Waals surface area contributed by atoms with E-state index in [9.17, 15) is 9.90 Å². The van der Waals surface area contributed by atoms with Crippen LogP contribution in [0.25, 0.3) is 0 Å². The molecule has 4 bridgehead atoms. The van der Waals surface area contributed by atoms with E-state index in [4.69, 9.17) is 4.74 Å². The Labute approximate surface area is 154 Å². The monoisotopic (exact) mass is 356 g/mol. The summed E-state index contributed by atoms with van der Waals surface area (Å²) in [6, 6.07) is 8.19. The summed E-state index contributed by atoms with van der Waals surface area (Å²) >= 11 is 0. The minimum Gasteiger partial charge on any atom is -0.497 e. The summed E-state index contributed by atoms with van der Waals surface area (Å²) in [6.07, 6.45) is 4.99. The molecule has 1 aromatic carbocycles. The molecule has 0 unspecified atom stereocenters. The second kappa shape index (κ2) is 5.16.